The number of nitrogens with zero attached hydrogens (tertiary/aromatic N) is 1. The molecule has 5 nitrogen and oxygen atoms in total. The monoisotopic (exact) mass is 256 g/mol. The van der Waals surface area contributed by atoms with Crippen molar-refractivity contribution in [2.24, 2.45) is 0 Å². The van der Waals surface area contributed by atoms with Gasteiger partial charge in [-0.1, -0.05) is 18.2 Å². The standard InChI is InChI=1S/C11H13ClN2O3/c1-9(15)14(10-5-3-2-4-6-10)13-11(16)17-8-7-12/h2-6H,7-8H2,1H3,(H,13,16). The highest BCUT2D eigenvalue weighted by molar-refractivity contribution is 6.18. The molecule has 1 rings (SSSR count). The summed E-state index contributed by atoms with van der Waals surface area (Å²) in [4.78, 5) is 22.7. The van der Waals surface area contributed by atoms with E-state index in [2.05, 4.69) is 5.43 Å². The molecule has 0 aliphatic rings. The van der Waals surface area contributed by atoms with Crippen LogP contribution in [-0.2, 0) is 9.53 Å². The number of amides is 2. The molecule has 0 aliphatic heterocycles. The molecule has 1 aromatic carbocycles. The lowest BCUT2D eigenvalue weighted by Gasteiger charge is -2.21. The van der Waals surface area contributed by atoms with Gasteiger partial charge in [0, 0.05) is 6.92 Å². The summed E-state index contributed by atoms with van der Waals surface area (Å²) in [5, 5.41) is 1.11. The van der Waals surface area contributed by atoms with Gasteiger partial charge >= 0.3 is 6.09 Å². The van der Waals surface area contributed by atoms with Crippen molar-refractivity contribution in [2.75, 3.05) is 17.5 Å². The molecule has 0 aromatic heterocycles. The number of benzene rings is 1. The third-order valence-electron chi connectivity index (χ3n) is 1.84. The first-order valence-corrected chi connectivity index (χ1v) is 5.53. The second-order valence-corrected chi connectivity index (χ2v) is 3.50. The number of carbonyl (C=O) groups is 2. The van der Waals surface area contributed by atoms with Crippen molar-refractivity contribution in [3.05, 3.63) is 30.3 Å². The van der Waals surface area contributed by atoms with Crippen LogP contribution in [0.15, 0.2) is 30.3 Å². The highest BCUT2D eigenvalue weighted by Crippen LogP contribution is 2.10. The van der Waals surface area contributed by atoms with Crippen LogP contribution in [0.4, 0.5) is 10.5 Å². The molecule has 0 unspecified atom stereocenters. The van der Waals surface area contributed by atoms with E-state index in [9.17, 15) is 9.59 Å². The SMILES string of the molecule is CC(=O)N(NC(=O)OCCCl)c1ccccc1. The Morgan fingerprint density at radius 2 is 2.00 bits per heavy atom. The molecule has 1 N–H and O–H groups in total. The first-order valence-electron chi connectivity index (χ1n) is 5.00. The van der Waals surface area contributed by atoms with E-state index in [1.807, 2.05) is 6.07 Å². The molecule has 0 fully saturated rings. The van der Waals surface area contributed by atoms with Crippen LogP contribution in [0.25, 0.3) is 0 Å². The number of hydrogen-bond donors (Lipinski definition) is 1. The van der Waals surface area contributed by atoms with Gasteiger partial charge in [-0.3, -0.25) is 4.79 Å². The summed E-state index contributed by atoms with van der Waals surface area (Å²) in [6.07, 6.45) is -0.718. The van der Waals surface area contributed by atoms with E-state index in [0.29, 0.717) is 5.69 Å². The Morgan fingerprint density at radius 1 is 1.35 bits per heavy atom. The average molecular weight is 257 g/mol. The van der Waals surface area contributed by atoms with Crippen LogP contribution in [-0.4, -0.2) is 24.5 Å². The molecule has 0 heterocycles. The summed E-state index contributed by atoms with van der Waals surface area (Å²) in [7, 11) is 0. The summed E-state index contributed by atoms with van der Waals surface area (Å²) < 4.78 is 4.72. The molecule has 0 aliphatic carbocycles. The number of nitrogens with one attached hydrogen (secondary N) is 1. The fraction of sp³-hybridized carbons (Fsp3) is 0.273. The normalized spacial score (nSPS) is 9.53. The maximum Gasteiger partial charge on any atom is 0.426 e. The van der Waals surface area contributed by atoms with Gasteiger partial charge in [-0.25, -0.2) is 15.2 Å². The van der Waals surface area contributed by atoms with Gasteiger partial charge in [0.05, 0.1) is 11.6 Å². The quantitative estimate of drug-likeness (QED) is 0.664. The molecule has 0 saturated heterocycles. The lowest BCUT2D eigenvalue weighted by Crippen LogP contribution is -2.45. The van der Waals surface area contributed by atoms with Crippen LogP contribution in [0.1, 0.15) is 6.92 Å². The van der Waals surface area contributed by atoms with Gasteiger partial charge in [0.25, 0.3) is 0 Å². The zero-order valence-electron chi connectivity index (χ0n) is 9.35. The summed E-state index contributed by atoms with van der Waals surface area (Å²) in [6.45, 7) is 1.43. The molecule has 0 saturated carbocycles. The Bertz CT molecular complexity index is 384. The predicted octanol–water partition coefficient (Wildman–Crippen LogP) is 1.92. The number of ether oxygens (including phenoxy) is 1. The van der Waals surface area contributed by atoms with Crippen LogP contribution >= 0.6 is 11.6 Å². The van der Waals surface area contributed by atoms with Crippen molar-refractivity contribution in [3.8, 4) is 0 Å². The van der Waals surface area contributed by atoms with Crippen LogP contribution in [0.3, 0.4) is 0 Å². The van der Waals surface area contributed by atoms with E-state index >= 15 is 0 Å². The molecule has 0 bridgehead atoms. The maximum atomic E-state index is 11.4. The second kappa shape index (κ2) is 6.75. The first-order chi connectivity index (χ1) is 8.15. The van der Waals surface area contributed by atoms with Crippen molar-refractivity contribution in [1.29, 1.82) is 0 Å². The molecule has 0 spiro atoms. The van der Waals surface area contributed by atoms with E-state index in [-0.39, 0.29) is 18.4 Å². The fourth-order valence-electron chi connectivity index (χ4n) is 1.16. The molecule has 0 radical (unpaired) electrons. The smallest absolute Gasteiger partial charge is 0.426 e. The summed E-state index contributed by atoms with van der Waals surface area (Å²) in [6, 6.07) is 8.73. The predicted molar refractivity (Wildman–Crippen MR) is 64.8 cm³/mol. The lowest BCUT2D eigenvalue weighted by atomic mass is 10.3. The van der Waals surface area contributed by atoms with Gasteiger partial charge in [-0.2, -0.15) is 0 Å². The van der Waals surface area contributed by atoms with E-state index in [0.717, 1.165) is 5.01 Å². The second-order valence-electron chi connectivity index (χ2n) is 3.13. The van der Waals surface area contributed by atoms with Gasteiger partial charge in [0.15, 0.2) is 0 Å². The Balaban J connectivity index is 2.68. The largest absolute Gasteiger partial charge is 0.447 e. The third-order valence-corrected chi connectivity index (χ3v) is 2.00. The van der Waals surface area contributed by atoms with E-state index in [1.165, 1.54) is 6.92 Å². The first kappa shape index (κ1) is 13.3. The number of alkyl halides is 1. The Hall–Kier alpha value is -1.75. The molecule has 1 aromatic rings. The molecule has 92 valence electrons. The third kappa shape index (κ3) is 4.32. The van der Waals surface area contributed by atoms with Crippen LogP contribution in [0.2, 0.25) is 0 Å². The van der Waals surface area contributed by atoms with Crippen molar-refractivity contribution in [1.82, 2.24) is 5.43 Å². The van der Waals surface area contributed by atoms with Crippen LogP contribution in [0, 0.1) is 0 Å². The molecular formula is C11H13ClN2O3. The highest BCUT2D eigenvalue weighted by Gasteiger charge is 2.14. The number of hydrazine groups is 1. The minimum absolute atomic E-state index is 0.0912. The number of para-hydroxylation sites is 1. The Labute approximate surface area is 104 Å². The minimum Gasteiger partial charge on any atom is -0.447 e. The molecular weight excluding hydrogens is 244 g/mol. The van der Waals surface area contributed by atoms with Crippen molar-refractivity contribution >= 4 is 29.3 Å². The average Bonchev–Trinajstić information content (AvgIpc) is 2.34. The summed E-state index contributed by atoms with van der Waals surface area (Å²) in [5.41, 5.74) is 2.89. The van der Waals surface area contributed by atoms with Crippen LogP contribution in [0.5, 0.6) is 0 Å². The van der Waals surface area contributed by atoms with E-state index in [1.54, 1.807) is 24.3 Å². The zero-order valence-corrected chi connectivity index (χ0v) is 10.1. The van der Waals surface area contributed by atoms with E-state index < -0.39 is 6.09 Å². The fourth-order valence-corrected chi connectivity index (χ4v) is 1.23. The zero-order chi connectivity index (χ0) is 12.7. The van der Waals surface area contributed by atoms with Gasteiger partial charge < -0.3 is 4.74 Å². The van der Waals surface area contributed by atoms with Gasteiger partial charge in [0.2, 0.25) is 5.91 Å². The molecule has 0 atom stereocenters. The molecule has 17 heavy (non-hydrogen) atoms. The van der Waals surface area contributed by atoms with Gasteiger partial charge in [0.1, 0.15) is 6.61 Å². The summed E-state index contributed by atoms with van der Waals surface area (Å²) in [5.74, 6) is -0.113. The van der Waals surface area contributed by atoms with Gasteiger partial charge in [-0.05, 0) is 12.1 Å². The Kier molecular flexibility index (Phi) is 5.29. The van der Waals surface area contributed by atoms with Gasteiger partial charge in [-0.15, -0.1) is 11.6 Å². The number of hydrogen-bond acceptors (Lipinski definition) is 3. The number of halogens is 1. The lowest BCUT2D eigenvalue weighted by molar-refractivity contribution is -0.117. The molecule has 2 amide bonds. The summed E-state index contributed by atoms with van der Waals surface area (Å²) >= 11 is 5.38. The van der Waals surface area contributed by atoms with Crippen LogP contribution < -0.4 is 10.4 Å². The maximum absolute atomic E-state index is 11.4. The van der Waals surface area contributed by atoms with Crippen molar-refractivity contribution in [3.63, 3.8) is 0 Å². The topological polar surface area (TPSA) is 58.6 Å². The Morgan fingerprint density at radius 3 is 2.53 bits per heavy atom. The number of carbonyl (C=O) groups excluding carboxylic acids is 2. The van der Waals surface area contributed by atoms with Crippen molar-refractivity contribution < 1.29 is 14.3 Å². The van der Waals surface area contributed by atoms with Crippen molar-refractivity contribution in [2.45, 2.75) is 6.92 Å². The molecule has 6 heteroatoms. The minimum atomic E-state index is -0.718. The van der Waals surface area contributed by atoms with E-state index in [4.69, 9.17) is 16.3 Å². The number of rotatable bonds is 3. The number of anilines is 1. The highest BCUT2D eigenvalue weighted by atomic mass is 35.5.